The van der Waals surface area contributed by atoms with E-state index in [4.69, 9.17) is 4.74 Å². The van der Waals surface area contributed by atoms with Crippen LogP contribution in [0.25, 0.3) is 0 Å². The van der Waals surface area contributed by atoms with Crippen LogP contribution in [0.5, 0.6) is 0 Å². The minimum Gasteiger partial charge on any atom is -0.380 e. The lowest BCUT2D eigenvalue weighted by molar-refractivity contribution is 0.0516. The van der Waals surface area contributed by atoms with Crippen molar-refractivity contribution in [3.05, 3.63) is 34.1 Å². The smallest absolute Gasteiger partial charge is 0.137 e. The molecule has 2 unspecified atom stereocenters. The molecular formula is C15H21BrFNO. The van der Waals surface area contributed by atoms with E-state index >= 15 is 0 Å². The van der Waals surface area contributed by atoms with Gasteiger partial charge in [0.05, 0.1) is 10.6 Å². The lowest BCUT2D eigenvalue weighted by Crippen LogP contribution is -2.43. The zero-order chi connectivity index (χ0) is 13.8. The monoisotopic (exact) mass is 329 g/mol. The van der Waals surface area contributed by atoms with Gasteiger partial charge in [-0.15, -0.1) is 0 Å². The number of likely N-dealkylation sites (N-methyl/N-ethyl adjacent to an activating group) is 1. The predicted octanol–water partition coefficient (Wildman–Crippen LogP) is 3.53. The van der Waals surface area contributed by atoms with Crippen LogP contribution in [0.2, 0.25) is 0 Å². The molecule has 1 aromatic carbocycles. The number of hydrogen-bond donors (Lipinski definition) is 1. The normalized spacial score (nSPS) is 18.3. The number of nitrogens with one attached hydrogen (secondary N) is 1. The number of hydrogen-bond acceptors (Lipinski definition) is 2. The lowest BCUT2D eigenvalue weighted by atomic mass is 9.98. The minimum atomic E-state index is -0.214. The number of halogens is 2. The Morgan fingerprint density at radius 1 is 1.47 bits per heavy atom. The summed E-state index contributed by atoms with van der Waals surface area (Å²) >= 11 is 3.24. The maximum absolute atomic E-state index is 13.3. The lowest BCUT2D eigenvalue weighted by Gasteiger charge is -2.27. The molecule has 2 atom stereocenters. The standard InChI is InChI=1S/C15H21BrFNO/c1-3-18-14(15(19-2)11-5-6-11)9-10-4-7-13(17)12(16)8-10/h4,7-8,11,14-15,18H,3,5-6,9H2,1-2H3. The highest BCUT2D eigenvalue weighted by Gasteiger charge is 2.36. The van der Waals surface area contributed by atoms with Crippen LogP contribution in [-0.4, -0.2) is 25.8 Å². The summed E-state index contributed by atoms with van der Waals surface area (Å²) in [5.74, 6) is 0.465. The molecule has 0 radical (unpaired) electrons. The molecule has 4 heteroatoms. The largest absolute Gasteiger partial charge is 0.380 e. The highest BCUT2D eigenvalue weighted by Crippen LogP contribution is 2.36. The maximum atomic E-state index is 13.3. The second-order valence-corrected chi connectivity index (χ2v) is 6.01. The van der Waals surface area contributed by atoms with Gasteiger partial charge < -0.3 is 10.1 Å². The highest BCUT2D eigenvalue weighted by atomic mass is 79.9. The quantitative estimate of drug-likeness (QED) is 0.826. The maximum Gasteiger partial charge on any atom is 0.137 e. The van der Waals surface area contributed by atoms with Gasteiger partial charge in [-0.3, -0.25) is 0 Å². The summed E-state index contributed by atoms with van der Waals surface area (Å²) in [6.45, 7) is 3.02. The Kier molecular flexibility index (Phi) is 5.37. The molecule has 0 aliphatic heterocycles. The summed E-state index contributed by atoms with van der Waals surface area (Å²) in [6.07, 6.45) is 3.63. The molecule has 0 amide bonds. The molecule has 1 aliphatic rings. The van der Waals surface area contributed by atoms with Crippen LogP contribution in [0.3, 0.4) is 0 Å². The summed E-state index contributed by atoms with van der Waals surface area (Å²) < 4.78 is 19.5. The van der Waals surface area contributed by atoms with Gasteiger partial charge in [0.1, 0.15) is 5.82 Å². The summed E-state index contributed by atoms with van der Waals surface area (Å²) in [4.78, 5) is 0. The molecule has 106 valence electrons. The van der Waals surface area contributed by atoms with Gasteiger partial charge in [-0.05, 0) is 65.4 Å². The van der Waals surface area contributed by atoms with Crippen molar-refractivity contribution in [3.63, 3.8) is 0 Å². The highest BCUT2D eigenvalue weighted by molar-refractivity contribution is 9.10. The molecule has 0 saturated heterocycles. The van der Waals surface area contributed by atoms with Crippen molar-refractivity contribution in [1.29, 1.82) is 0 Å². The van der Waals surface area contributed by atoms with Gasteiger partial charge in [0.15, 0.2) is 0 Å². The number of benzene rings is 1. The van der Waals surface area contributed by atoms with Crippen molar-refractivity contribution in [2.45, 2.75) is 38.3 Å². The molecule has 2 rings (SSSR count). The van der Waals surface area contributed by atoms with Gasteiger partial charge in [-0.1, -0.05) is 13.0 Å². The van der Waals surface area contributed by atoms with E-state index in [2.05, 4.69) is 28.2 Å². The summed E-state index contributed by atoms with van der Waals surface area (Å²) in [5, 5.41) is 3.50. The molecule has 2 nitrogen and oxygen atoms in total. The number of methoxy groups -OCH3 is 1. The van der Waals surface area contributed by atoms with E-state index in [9.17, 15) is 4.39 Å². The van der Waals surface area contributed by atoms with E-state index in [1.165, 1.54) is 18.9 Å². The van der Waals surface area contributed by atoms with Gasteiger partial charge in [-0.2, -0.15) is 0 Å². The molecule has 1 aromatic rings. The Morgan fingerprint density at radius 2 is 2.21 bits per heavy atom. The summed E-state index contributed by atoms with van der Waals surface area (Å²) in [6, 6.07) is 5.52. The van der Waals surface area contributed by atoms with Crippen LogP contribution >= 0.6 is 15.9 Å². The third kappa shape index (κ3) is 4.01. The minimum absolute atomic E-state index is 0.214. The van der Waals surface area contributed by atoms with E-state index in [1.54, 1.807) is 7.11 Å². The molecule has 1 fully saturated rings. The van der Waals surface area contributed by atoms with Crippen molar-refractivity contribution >= 4 is 15.9 Å². The van der Waals surface area contributed by atoms with Crippen LogP contribution < -0.4 is 5.32 Å². The van der Waals surface area contributed by atoms with E-state index < -0.39 is 0 Å². The van der Waals surface area contributed by atoms with Crippen LogP contribution in [0, 0.1) is 11.7 Å². The van der Waals surface area contributed by atoms with E-state index in [-0.39, 0.29) is 11.9 Å². The first-order chi connectivity index (χ1) is 9.15. The Balaban J connectivity index is 2.08. The van der Waals surface area contributed by atoms with Gasteiger partial charge in [0.2, 0.25) is 0 Å². The molecule has 0 aromatic heterocycles. The predicted molar refractivity (Wildman–Crippen MR) is 78.8 cm³/mol. The summed E-state index contributed by atoms with van der Waals surface area (Å²) in [7, 11) is 1.79. The number of ether oxygens (including phenoxy) is 1. The Hall–Kier alpha value is -0.450. The van der Waals surface area contributed by atoms with Crippen molar-refractivity contribution in [1.82, 2.24) is 5.32 Å². The summed E-state index contributed by atoms with van der Waals surface area (Å²) in [5.41, 5.74) is 1.13. The topological polar surface area (TPSA) is 21.3 Å². The Bertz CT molecular complexity index is 423. The fraction of sp³-hybridized carbons (Fsp3) is 0.600. The third-order valence-electron chi connectivity index (χ3n) is 3.66. The van der Waals surface area contributed by atoms with Crippen molar-refractivity contribution in [2.75, 3.05) is 13.7 Å². The molecule has 1 aliphatic carbocycles. The first-order valence-electron chi connectivity index (χ1n) is 6.85. The van der Waals surface area contributed by atoms with E-state index in [1.807, 2.05) is 12.1 Å². The number of rotatable bonds is 7. The zero-order valence-corrected chi connectivity index (χ0v) is 13.0. The molecule has 1 saturated carbocycles. The molecule has 1 N–H and O–H groups in total. The van der Waals surface area contributed by atoms with Crippen LogP contribution in [0.1, 0.15) is 25.3 Å². The van der Waals surface area contributed by atoms with E-state index in [0.717, 1.165) is 18.5 Å². The van der Waals surface area contributed by atoms with Gasteiger partial charge in [0.25, 0.3) is 0 Å². The molecule has 0 bridgehead atoms. The SMILES string of the molecule is CCNC(Cc1ccc(F)c(Br)c1)C(OC)C1CC1. The molecule has 0 spiro atoms. The van der Waals surface area contributed by atoms with Crippen LogP contribution in [0.4, 0.5) is 4.39 Å². The first-order valence-corrected chi connectivity index (χ1v) is 7.65. The Morgan fingerprint density at radius 3 is 2.74 bits per heavy atom. The third-order valence-corrected chi connectivity index (χ3v) is 4.27. The van der Waals surface area contributed by atoms with Gasteiger partial charge in [0, 0.05) is 13.2 Å². The molecule has 19 heavy (non-hydrogen) atoms. The average Bonchev–Trinajstić information content (AvgIpc) is 3.19. The fourth-order valence-electron chi connectivity index (χ4n) is 2.60. The Labute approximate surface area is 122 Å². The second-order valence-electron chi connectivity index (χ2n) is 5.15. The van der Waals surface area contributed by atoms with Crippen molar-refractivity contribution in [3.8, 4) is 0 Å². The average molecular weight is 330 g/mol. The second kappa shape index (κ2) is 6.82. The van der Waals surface area contributed by atoms with Crippen LogP contribution in [-0.2, 0) is 11.2 Å². The van der Waals surface area contributed by atoms with Crippen molar-refractivity contribution < 1.29 is 9.13 Å². The van der Waals surface area contributed by atoms with Gasteiger partial charge in [-0.25, -0.2) is 4.39 Å². The zero-order valence-electron chi connectivity index (χ0n) is 11.5. The first kappa shape index (κ1) is 14.9. The van der Waals surface area contributed by atoms with E-state index in [0.29, 0.717) is 16.4 Å². The van der Waals surface area contributed by atoms with Crippen LogP contribution in [0.15, 0.2) is 22.7 Å². The molecular weight excluding hydrogens is 309 g/mol. The fourth-order valence-corrected chi connectivity index (χ4v) is 3.02. The van der Waals surface area contributed by atoms with Crippen molar-refractivity contribution in [2.24, 2.45) is 5.92 Å². The van der Waals surface area contributed by atoms with Gasteiger partial charge >= 0.3 is 0 Å². The molecule has 0 heterocycles.